The number of imide groups is 1. The summed E-state index contributed by atoms with van der Waals surface area (Å²) in [5, 5.41) is 16.4. The van der Waals surface area contributed by atoms with Crippen LogP contribution in [0.5, 0.6) is 0 Å². The Morgan fingerprint density at radius 2 is 2.07 bits per heavy atom. The van der Waals surface area contributed by atoms with Crippen molar-refractivity contribution in [1.82, 2.24) is 30.9 Å². The molecule has 2 fully saturated rings. The van der Waals surface area contributed by atoms with Crippen molar-refractivity contribution in [3.63, 3.8) is 0 Å². The number of carbonyl (C=O) groups is 3. The minimum Gasteiger partial charge on any atom is -0.348 e. The van der Waals surface area contributed by atoms with Crippen LogP contribution < -0.4 is 16.0 Å². The maximum atomic E-state index is 12.4. The number of hydrogen-bond donors (Lipinski definition) is 3. The maximum Gasteiger partial charge on any atom is 0.322 e. The minimum atomic E-state index is -1.10. The smallest absolute Gasteiger partial charge is 0.322 e. The van der Waals surface area contributed by atoms with E-state index in [1.54, 1.807) is 18.2 Å². The summed E-state index contributed by atoms with van der Waals surface area (Å²) in [5.74, 6) is -0.916. The average molecular weight is 409 g/mol. The first kappa shape index (κ1) is 17.7. The van der Waals surface area contributed by atoms with Gasteiger partial charge in [0.05, 0.1) is 28.5 Å². The van der Waals surface area contributed by atoms with Crippen molar-refractivity contribution >= 4 is 41.0 Å². The monoisotopic (exact) mass is 408 g/mol. The number of nitrogens with one attached hydrogen (secondary N) is 3. The molecule has 1 saturated carbocycles. The molecule has 2 aromatic rings. The highest BCUT2D eigenvalue weighted by molar-refractivity contribution is 6.42. The van der Waals surface area contributed by atoms with Crippen LogP contribution in [-0.2, 0) is 4.79 Å². The molecular weight excluding hydrogens is 395 g/mol. The lowest BCUT2D eigenvalue weighted by atomic mass is 9.93. The molecule has 9 nitrogen and oxygen atoms in total. The zero-order valence-electron chi connectivity index (χ0n) is 13.8. The zero-order chi connectivity index (χ0) is 19.2. The summed E-state index contributed by atoms with van der Waals surface area (Å²) in [6, 6.07) is 4.29. The Morgan fingerprint density at radius 3 is 2.70 bits per heavy atom. The van der Waals surface area contributed by atoms with Crippen LogP contribution in [0.4, 0.5) is 4.79 Å². The number of benzene rings is 1. The lowest BCUT2D eigenvalue weighted by Gasteiger charge is -2.25. The molecule has 1 aliphatic heterocycles. The molecule has 11 heteroatoms. The molecule has 0 radical (unpaired) electrons. The van der Waals surface area contributed by atoms with Crippen molar-refractivity contribution in [1.29, 1.82) is 0 Å². The molecule has 1 atom stereocenters. The fraction of sp³-hybridized carbons (Fsp3) is 0.312. The van der Waals surface area contributed by atoms with Crippen LogP contribution in [0.2, 0.25) is 10.0 Å². The van der Waals surface area contributed by atoms with Crippen LogP contribution in [0.1, 0.15) is 23.3 Å². The number of nitrogens with zero attached hydrogens (tertiary/aromatic N) is 3. The van der Waals surface area contributed by atoms with Crippen molar-refractivity contribution in [2.45, 2.75) is 18.4 Å². The standard InChI is InChI=1S/C16H14Cl2N6O3/c17-10-4-3-9(5-11(10)18)24-20-6-12(23-24)13(25)19-7-16(8-1-2-8)14(26)21-15(27)22-16/h3-6,8H,1-2,7H2,(H,19,25)(H2,21,22,26,27)/t16-/m0/s1. The third-order valence-electron chi connectivity index (χ3n) is 4.63. The predicted octanol–water partition coefficient (Wildman–Crippen LogP) is 1.29. The Labute approximate surface area is 163 Å². The van der Waals surface area contributed by atoms with E-state index < -0.39 is 23.4 Å². The molecule has 3 N–H and O–H groups in total. The molecule has 1 saturated heterocycles. The quantitative estimate of drug-likeness (QED) is 0.644. The molecule has 4 amide bonds. The molecule has 27 heavy (non-hydrogen) atoms. The molecule has 1 aromatic heterocycles. The van der Waals surface area contributed by atoms with Crippen LogP contribution in [-0.4, -0.2) is 44.9 Å². The van der Waals surface area contributed by atoms with Crippen LogP contribution in [0.15, 0.2) is 24.4 Å². The second-order valence-corrected chi connectivity index (χ2v) is 7.27. The Hall–Kier alpha value is -2.65. The van der Waals surface area contributed by atoms with Gasteiger partial charge in [-0.1, -0.05) is 23.2 Å². The van der Waals surface area contributed by atoms with E-state index in [1.807, 2.05) is 0 Å². The summed E-state index contributed by atoms with van der Waals surface area (Å²) < 4.78 is 0. The van der Waals surface area contributed by atoms with Gasteiger partial charge in [0, 0.05) is 0 Å². The van der Waals surface area contributed by atoms with Gasteiger partial charge in [0.15, 0.2) is 5.69 Å². The number of rotatable bonds is 5. The summed E-state index contributed by atoms with van der Waals surface area (Å²) in [7, 11) is 0. The summed E-state index contributed by atoms with van der Waals surface area (Å²) in [6.07, 6.45) is 2.93. The van der Waals surface area contributed by atoms with E-state index in [1.165, 1.54) is 11.0 Å². The third kappa shape index (κ3) is 3.24. The highest BCUT2D eigenvalue weighted by atomic mass is 35.5. The van der Waals surface area contributed by atoms with E-state index >= 15 is 0 Å². The highest BCUT2D eigenvalue weighted by Gasteiger charge is 2.56. The van der Waals surface area contributed by atoms with Gasteiger partial charge >= 0.3 is 6.03 Å². The largest absolute Gasteiger partial charge is 0.348 e. The van der Waals surface area contributed by atoms with Crippen molar-refractivity contribution in [2.24, 2.45) is 5.92 Å². The van der Waals surface area contributed by atoms with Gasteiger partial charge in [0.1, 0.15) is 5.54 Å². The zero-order valence-corrected chi connectivity index (χ0v) is 15.3. The van der Waals surface area contributed by atoms with Crippen molar-refractivity contribution in [2.75, 3.05) is 6.54 Å². The normalized spacial score (nSPS) is 21.7. The Morgan fingerprint density at radius 1 is 1.30 bits per heavy atom. The topological polar surface area (TPSA) is 118 Å². The molecular formula is C16H14Cl2N6O3. The second-order valence-electron chi connectivity index (χ2n) is 6.45. The molecule has 0 bridgehead atoms. The van der Waals surface area contributed by atoms with Gasteiger partial charge in [0.25, 0.3) is 11.8 Å². The van der Waals surface area contributed by atoms with E-state index in [9.17, 15) is 14.4 Å². The Kier molecular flexibility index (Phi) is 4.27. The number of aromatic nitrogens is 3. The summed E-state index contributed by atoms with van der Waals surface area (Å²) in [5.41, 5.74) is -0.496. The van der Waals surface area contributed by atoms with E-state index in [2.05, 4.69) is 26.1 Å². The van der Waals surface area contributed by atoms with Crippen molar-refractivity contribution in [3.8, 4) is 5.69 Å². The SMILES string of the molecule is O=C1NC(=O)[C@](CNC(=O)c2cnn(-c3ccc(Cl)c(Cl)c3)n2)(C2CC2)N1. The Bertz CT molecular complexity index is 957. The maximum absolute atomic E-state index is 12.4. The first-order chi connectivity index (χ1) is 12.9. The van der Waals surface area contributed by atoms with Gasteiger partial charge in [-0.05, 0) is 37.0 Å². The predicted molar refractivity (Wildman–Crippen MR) is 95.8 cm³/mol. The molecule has 2 heterocycles. The molecule has 1 aromatic carbocycles. The molecule has 140 valence electrons. The minimum absolute atomic E-state index is 0.0103. The average Bonchev–Trinajstić information content (AvgIpc) is 3.29. The molecule has 4 rings (SSSR count). The van der Waals surface area contributed by atoms with Crippen LogP contribution >= 0.6 is 23.2 Å². The fourth-order valence-electron chi connectivity index (χ4n) is 3.05. The number of urea groups is 1. The summed E-state index contributed by atoms with van der Waals surface area (Å²) >= 11 is 11.9. The Balaban J connectivity index is 1.47. The number of amides is 4. The second kappa shape index (κ2) is 6.50. The van der Waals surface area contributed by atoms with Gasteiger partial charge in [-0.2, -0.15) is 9.90 Å². The number of hydrogen-bond acceptors (Lipinski definition) is 5. The molecule has 1 aliphatic carbocycles. The summed E-state index contributed by atoms with van der Waals surface area (Å²) in [4.78, 5) is 37.4. The highest BCUT2D eigenvalue weighted by Crippen LogP contribution is 2.41. The molecule has 0 spiro atoms. The first-order valence-electron chi connectivity index (χ1n) is 8.18. The number of carbonyl (C=O) groups excluding carboxylic acids is 3. The van der Waals surface area contributed by atoms with Crippen LogP contribution in [0.3, 0.4) is 0 Å². The van der Waals surface area contributed by atoms with E-state index in [0.717, 1.165) is 12.8 Å². The van der Waals surface area contributed by atoms with E-state index in [4.69, 9.17) is 23.2 Å². The van der Waals surface area contributed by atoms with Gasteiger partial charge in [0.2, 0.25) is 0 Å². The van der Waals surface area contributed by atoms with Gasteiger partial charge in [-0.15, -0.1) is 5.10 Å². The first-order valence-corrected chi connectivity index (χ1v) is 8.94. The van der Waals surface area contributed by atoms with Crippen LogP contribution in [0.25, 0.3) is 5.69 Å². The van der Waals surface area contributed by atoms with Gasteiger partial charge in [-0.3, -0.25) is 14.9 Å². The van der Waals surface area contributed by atoms with Crippen LogP contribution in [0, 0.1) is 5.92 Å². The van der Waals surface area contributed by atoms with Gasteiger partial charge in [-0.25, -0.2) is 4.79 Å². The summed E-state index contributed by atoms with van der Waals surface area (Å²) in [6.45, 7) is -0.0201. The van der Waals surface area contributed by atoms with E-state index in [0.29, 0.717) is 15.7 Å². The van der Waals surface area contributed by atoms with Crippen molar-refractivity contribution in [3.05, 3.63) is 40.1 Å². The van der Waals surface area contributed by atoms with Crippen molar-refractivity contribution < 1.29 is 14.4 Å². The number of halogens is 2. The van der Waals surface area contributed by atoms with E-state index in [-0.39, 0.29) is 18.2 Å². The third-order valence-corrected chi connectivity index (χ3v) is 5.37. The lowest BCUT2D eigenvalue weighted by molar-refractivity contribution is -0.124. The molecule has 2 aliphatic rings. The van der Waals surface area contributed by atoms with Gasteiger partial charge < -0.3 is 10.6 Å². The fourth-order valence-corrected chi connectivity index (χ4v) is 3.34. The lowest BCUT2D eigenvalue weighted by Crippen LogP contribution is -2.57. The molecule has 0 unspecified atom stereocenters.